The van der Waals surface area contributed by atoms with Crippen LogP contribution in [0.1, 0.15) is 5.56 Å². The van der Waals surface area contributed by atoms with Crippen LogP contribution >= 0.6 is 23.2 Å². The van der Waals surface area contributed by atoms with Crippen LogP contribution in [0.15, 0.2) is 61.2 Å². The molecule has 180 valence electrons. The van der Waals surface area contributed by atoms with Crippen molar-refractivity contribution in [2.75, 3.05) is 42.7 Å². The predicted molar refractivity (Wildman–Crippen MR) is 133 cm³/mol. The van der Waals surface area contributed by atoms with Crippen LogP contribution < -0.4 is 9.64 Å². The molecule has 0 radical (unpaired) electrons. The molecule has 3 heterocycles. The molecule has 0 amide bonds. The van der Waals surface area contributed by atoms with E-state index in [-0.39, 0.29) is 6.10 Å². The van der Waals surface area contributed by atoms with Crippen molar-refractivity contribution in [2.45, 2.75) is 18.4 Å². The van der Waals surface area contributed by atoms with Crippen LogP contribution in [0, 0.1) is 0 Å². The van der Waals surface area contributed by atoms with Gasteiger partial charge in [-0.05, 0) is 36.4 Å². The minimum absolute atomic E-state index is 0.285. The fourth-order valence-corrected chi connectivity index (χ4v) is 5.82. The topological polar surface area (TPSA) is 65.8 Å². The second-order valence-corrected chi connectivity index (χ2v) is 10.8. The molecule has 2 aliphatic rings. The highest BCUT2D eigenvalue weighted by Crippen LogP contribution is 2.40. The molecule has 2 atom stereocenters. The zero-order valence-electron chi connectivity index (χ0n) is 18.4. The molecule has 10 heteroatoms. The highest BCUT2D eigenvalue weighted by atomic mass is 35.5. The van der Waals surface area contributed by atoms with Gasteiger partial charge in [0, 0.05) is 64.1 Å². The number of imidazole rings is 1. The van der Waals surface area contributed by atoms with Gasteiger partial charge in [0.1, 0.15) is 18.5 Å². The van der Waals surface area contributed by atoms with Gasteiger partial charge in [-0.15, -0.1) is 0 Å². The maximum absolute atomic E-state index is 11.6. The molecule has 2 fully saturated rings. The number of anilines is 1. The predicted octanol–water partition coefficient (Wildman–Crippen LogP) is 4.11. The van der Waals surface area contributed by atoms with Crippen LogP contribution in [-0.4, -0.2) is 57.7 Å². The number of halogens is 2. The van der Waals surface area contributed by atoms with Crippen LogP contribution in [0.2, 0.25) is 10.0 Å². The van der Waals surface area contributed by atoms with Gasteiger partial charge in [0.05, 0.1) is 24.5 Å². The van der Waals surface area contributed by atoms with Gasteiger partial charge in [0.15, 0.2) is 0 Å². The van der Waals surface area contributed by atoms with Gasteiger partial charge < -0.3 is 23.7 Å². The molecule has 2 aromatic carbocycles. The van der Waals surface area contributed by atoms with Gasteiger partial charge in [-0.2, -0.15) is 0 Å². The van der Waals surface area contributed by atoms with Gasteiger partial charge in [-0.3, -0.25) is 4.21 Å². The molecular formula is C24H25Cl2N3O4S. The van der Waals surface area contributed by atoms with E-state index in [1.54, 1.807) is 24.7 Å². The lowest BCUT2D eigenvalue weighted by Gasteiger charge is -2.30. The third-order valence-electron chi connectivity index (χ3n) is 5.97. The average Bonchev–Trinajstić information content (AvgIpc) is 3.49. The van der Waals surface area contributed by atoms with E-state index in [1.807, 2.05) is 41.1 Å². The fourth-order valence-electron chi connectivity index (χ4n) is 4.21. The highest BCUT2D eigenvalue weighted by Gasteiger charge is 2.45. The minimum Gasteiger partial charge on any atom is -0.491 e. The van der Waals surface area contributed by atoms with Crippen molar-refractivity contribution in [3.8, 4) is 5.75 Å². The van der Waals surface area contributed by atoms with Crippen LogP contribution in [0.3, 0.4) is 0 Å². The van der Waals surface area contributed by atoms with Crippen LogP contribution in [-0.2, 0) is 32.6 Å². The molecule has 5 rings (SSSR count). The van der Waals surface area contributed by atoms with E-state index in [0.29, 0.717) is 35.4 Å². The molecular weight excluding hydrogens is 497 g/mol. The van der Waals surface area contributed by atoms with Crippen molar-refractivity contribution in [1.29, 1.82) is 0 Å². The lowest BCUT2D eigenvalue weighted by Crippen LogP contribution is -2.37. The summed E-state index contributed by atoms with van der Waals surface area (Å²) in [5, 5.41) is 1.02. The molecule has 0 aliphatic carbocycles. The van der Waals surface area contributed by atoms with Crippen molar-refractivity contribution >= 4 is 39.7 Å². The molecule has 0 N–H and O–H groups in total. The molecule has 0 spiro atoms. The van der Waals surface area contributed by atoms with E-state index in [1.165, 1.54) is 0 Å². The maximum Gasteiger partial charge on any atom is 0.215 e. The Labute approximate surface area is 211 Å². The smallest absolute Gasteiger partial charge is 0.215 e. The summed E-state index contributed by atoms with van der Waals surface area (Å²) < 4.78 is 32.1. The number of benzene rings is 2. The summed E-state index contributed by atoms with van der Waals surface area (Å²) in [6.45, 7) is 2.70. The van der Waals surface area contributed by atoms with E-state index in [2.05, 4.69) is 9.88 Å². The molecule has 34 heavy (non-hydrogen) atoms. The Kier molecular flexibility index (Phi) is 7.13. The summed E-state index contributed by atoms with van der Waals surface area (Å²) in [7, 11) is -0.690. The van der Waals surface area contributed by atoms with Gasteiger partial charge in [-0.1, -0.05) is 29.3 Å². The second kappa shape index (κ2) is 10.3. The third-order valence-corrected chi connectivity index (χ3v) is 7.79. The summed E-state index contributed by atoms with van der Waals surface area (Å²) in [5.74, 6) is 1.12. The van der Waals surface area contributed by atoms with E-state index in [0.717, 1.165) is 36.0 Å². The first-order valence-corrected chi connectivity index (χ1v) is 13.3. The van der Waals surface area contributed by atoms with Crippen LogP contribution in [0.4, 0.5) is 5.69 Å². The first-order chi connectivity index (χ1) is 16.5. The average molecular weight is 522 g/mol. The quantitative estimate of drug-likeness (QED) is 0.466. The minimum atomic E-state index is -1.07. The molecule has 0 saturated carbocycles. The number of hydrogen-bond acceptors (Lipinski definition) is 6. The summed E-state index contributed by atoms with van der Waals surface area (Å²) >= 11 is 12.6. The summed E-state index contributed by atoms with van der Waals surface area (Å²) in [5.41, 5.74) is 1.82. The zero-order valence-corrected chi connectivity index (χ0v) is 20.8. The van der Waals surface area contributed by atoms with Gasteiger partial charge in [0.2, 0.25) is 5.79 Å². The van der Waals surface area contributed by atoms with Crippen molar-refractivity contribution in [2.24, 2.45) is 0 Å². The normalized spacial score (nSPS) is 23.4. The Bertz CT molecular complexity index is 1140. The molecule has 0 bridgehead atoms. The summed E-state index contributed by atoms with van der Waals surface area (Å²) in [4.78, 5) is 6.37. The first-order valence-electron chi connectivity index (χ1n) is 11.1. The molecule has 2 saturated heterocycles. The first kappa shape index (κ1) is 23.6. The number of aromatic nitrogens is 2. The Morgan fingerprint density at radius 3 is 2.65 bits per heavy atom. The van der Waals surface area contributed by atoms with Crippen molar-refractivity contribution in [3.63, 3.8) is 0 Å². The van der Waals surface area contributed by atoms with E-state index < -0.39 is 16.6 Å². The van der Waals surface area contributed by atoms with Gasteiger partial charge in [-0.25, -0.2) is 4.98 Å². The standard InChI is InChI=1S/C24H25Cl2N3O4S/c25-18-1-6-22(23(26)13-18)24(16-28-8-7-27-17-28)32-15-21(33-24)14-31-20-4-2-19(3-5-20)29-9-11-34(30)12-10-29/h1-8,13,17,21H,9-12,14-16H2/t21-,24-/m0/s1. The lowest BCUT2D eigenvalue weighted by atomic mass is 10.1. The Morgan fingerprint density at radius 1 is 1.15 bits per heavy atom. The Morgan fingerprint density at radius 2 is 1.94 bits per heavy atom. The van der Waals surface area contributed by atoms with E-state index in [9.17, 15) is 4.21 Å². The molecule has 1 aromatic heterocycles. The Hall–Kier alpha value is -2.10. The number of rotatable bonds is 7. The molecule has 2 aliphatic heterocycles. The summed E-state index contributed by atoms with van der Waals surface area (Å²) in [6, 6.07) is 13.3. The summed E-state index contributed by atoms with van der Waals surface area (Å²) in [6.07, 6.45) is 4.99. The van der Waals surface area contributed by atoms with Crippen molar-refractivity contribution < 1.29 is 18.4 Å². The molecule has 7 nitrogen and oxygen atoms in total. The number of ether oxygens (including phenoxy) is 3. The van der Waals surface area contributed by atoms with Crippen molar-refractivity contribution in [1.82, 2.24) is 9.55 Å². The van der Waals surface area contributed by atoms with Gasteiger partial charge >= 0.3 is 0 Å². The van der Waals surface area contributed by atoms with Crippen LogP contribution in [0.25, 0.3) is 0 Å². The Balaban J connectivity index is 1.25. The van der Waals surface area contributed by atoms with Crippen LogP contribution in [0.5, 0.6) is 5.75 Å². The molecule has 0 unspecified atom stereocenters. The van der Waals surface area contributed by atoms with E-state index in [4.69, 9.17) is 37.4 Å². The van der Waals surface area contributed by atoms with Gasteiger partial charge in [0.25, 0.3) is 0 Å². The van der Waals surface area contributed by atoms with Crippen molar-refractivity contribution in [3.05, 3.63) is 76.8 Å². The monoisotopic (exact) mass is 521 g/mol. The van der Waals surface area contributed by atoms with E-state index >= 15 is 0 Å². The largest absolute Gasteiger partial charge is 0.491 e. The number of nitrogens with zero attached hydrogens (tertiary/aromatic N) is 3. The second-order valence-electron chi connectivity index (χ2n) is 8.30. The third kappa shape index (κ3) is 5.26. The fraction of sp³-hybridized carbons (Fsp3) is 0.375. The zero-order chi connectivity index (χ0) is 23.5. The highest BCUT2D eigenvalue weighted by molar-refractivity contribution is 7.85. The SMILES string of the molecule is O=S1CCN(c2ccc(OC[C@H]3CO[C@](Cn4ccnc4)(c4ccc(Cl)cc4Cl)O3)cc2)CC1. The maximum atomic E-state index is 11.6. The molecule has 3 aromatic rings. The lowest BCUT2D eigenvalue weighted by molar-refractivity contribution is -0.189. The number of hydrogen-bond donors (Lipinski definition) is 0.